The molecule has 3 saturated carbocycles. The predicted molar refractivity (Wildman–Crippen MR) is 126 cm³/mol. The third-order valence-electron chi connectivity index (χ3n) is 6.76. The Hall–Kier alpha value is -2.60. The molecular formula is C25H33FN2O5S. The highest BCUT2D eigenvalue weighted by molar-refractivity contribution is 7.91. The zero-order valence-electron chi connectivity index (χ0n) is 20.0. The zero-order valence-corrected chi connectivity index (χ0v) is 20.8. The fraction of sp³-hybridized carbons (Fsp3) is 0.600. The number of carbonyl (C=O) groups is 1. The number of hydrogen-bond donors (Lipinski definition) is 1. The molecule has 3 aliphatic carbocycles. The van der Waals surface area contributed by atoms with Gasteiger partial charge in [-0.05, 0) is 89.0 Å². The number of nitrogens with zero attached hydrogens (tertiary/aromatic N) is 1. The number of sulfone groups is 1. The van der Waals surface area contributed by atoms with Crippen LogP contribution < -0.4 is 10.1 Å². The molecule has 0 saturated heterocycles. The molecule has 0 heterocycles. The van der Waals surface area contributed by atoms with E-state index in [0.29, 0.717) is 12.1 Å². The third-order valence-corrected chi connectivity index (χ3v) is 8.74. The molecule has 0 atom stereocenters. The van der Waals surface area contributed by atoms with Crippen molar-refractivity contribution in [1.82, 2.24) is 5.32 Å². The van der Waals surface area contributed by atoms with Gasteiger partial charge in [-0.25, -0.2) is 17.6 Å². The summed E-state index contributed by atoms with van der Waals surface area (Å²) >= 11 is 0. The van der Waals surface area contributed by atoms with Crippen LogP contribution in [0.4, 0.5) is 9.18 Å². The Morgan fingerprint density at radius 3 is 2.24 bits per heavy atom. The summed E-state index contributed by atoms with van der Waals surface area (Å²) in [5.41, 5.74) is -0.949. The molecule has 0 aromatic heterocycles. The van der Waals surface area contributed by atoms with Gasteiger partial charge in [0.15, 0.2) is 9.84 Å². The van der Waals surface area contributed by atoms with Gasteiger partial charge in [0, 0.05) is 12.1 Å². The Bertz CT molecular complexity index is 1040. The van der Waals surface area contributed by atoms with E-state index in [1.54, 1.807) is 32.9 Å². The normalized spacial score (nSPS) is 24.9. The number of hydrogen-bond acceptors (Lipinski definition) is 6. The van der Waals surface area contributed by atoms with Gasteiger partial charge in [-0.2, -0.15) is 5.26 Å². The molecule has 3 aliphatic rings. The molecule has 7 nitrogen and oxygen atoms in total. The second-order valence-corrected chi connectivity index (χ2v) is 12.5. The van der Waals surface area contributed by atoms with Gasteiger partial charge in [0.2, 0.25) is 0 Å². The molecule has 1 aromatic carbocycles. The minimum absolute atomic E-state index is 0.0763. The molecule has 4 rings (SSSR count). The highest BCUT2D eigenvalue weighted by atomic mass is 32.2. The van der Waals surface area contributed by atoms with Crippen LogP contribution in [-0.4, -0.2) is 39.0 Å². The lowest BCUT2D eigenvalue weighted by molar-refractivity contribution is 0.0434. The Morgan fingerprint density at radius 1 is 1.15 bits per heavy atom. The molecule has 0 unspecified atom stereocenters. The Labute approximate surface area is 201 Å². The first-order valence-corrected chi connectivity index (χ1v) is 13.2. The Kier molecular flexibility index (Phi) is 7.61. The highest BCUT2D eigenvalue weighted by Crippen LogP contribution is 2.57. The molecule has 1 amide bonds. The molecule has 0 spiro atoms. The topological polar surface area (TPSA) is 105 Å². The molecule has 3 fully saturated rings. The molecule has 1 aromatic rings. The van der Waals surface area contributed by atoms with E-state index in [1.165, 1.54) is 12.1 Å². The first-order chi connectivity index (χ1) is 15.9. The van der Waals surface area contributed by atoms with E-state index in [1.807, 2.05) is 0 Å². The van der Waals surface area contributed by atoms with Crippen LogP contribution in [0.1, 0.15) is 59.3 Å². The summed E-state index contributed by atoms with van der Waals surface area (Å²) in [6.45, 7) is 5.01. The highest BCUT2D eigenvalue weighted by Gasteiger charge is 2.50. The van der Waals surface area contributed by atoms with Gasteiger partial charge in [0.1, 0.15) is 18.0 Å². The standard InChI is InChI=1S/C25H33FN2O5S/c1-23(2,3)33-22(29)28-15-19(14-26)16-32-20-4-6-21(7-5-20)34(30,31)18-25-11-8-24(17-27,9-12-25)10-13-25/h4-7,14H,8-13,15-16,18H2,1-3H3,(H,28,29)/b19-14+. The van der Waals surface area contributed by atoms with Crippen molar-refractivity contribution in [1.29, 1.82) is 5.26 Å². The zero-order chi connectivity index (χ0) is 25.0. The van der Waals surface area contributed by atoms with Crippen LogP contribution in [0, 0.1) is 22.2 Å². The van der Waals surface area contributed by atoms with Crippen molar-refractivity contribution in [3.8, 4) is 11.8 Å². The maximum atomic E-state index is 13.2. The van der Waals surface area contributed by atoms with Gasteiger partial charge in [-0.15, -0.1) is 0 Å². The number of nitrogens with one attached hydrogen (secondary N) is 1. The quantitative estimate of drug-likeness (QED) is 0.542. The summed E-state index contributed by atoms with van der Waals surface area (Å²) in [7, 11) is -3.49. The van der Waals surface area contributed by atoms with Crippen molar-refractivity contribution >= 4 is 15.9 Å². The van der Waals surface area contributed by atoms with Crippen molar-refractivity contribution < 1.29 is 27.1 Å². The van der Waals surface area contributed by atoms with Gasteiger partial charge >= 0.3 is 6.09 Å². The SMILES string of the molecule is CC(C)(C)OC(=O)NC/C(=C\F)COc1ccc(S(=O)(=O)CC23CCC(C#N)(CC2)CC3)cc1. The predicted octanol–water partition coefficient (Wildman–Crippen LogP) is 5.08. The number of halogens is 1. The van der Waals surface area contributed by atoms with Crippen LogP contribution in [-0.2, 0) is 14.6 Å². The third kappa shape index (κ3) is 6.50. The van der Waals surface area contributed by atoms with Crippen molar-refractivity contribution in [3.63, 3.8) is 0 Å². The van der Waals surface area contributed by atoms with E-state index in [-0.39, 0.29) is 40.2 Å². The number of nitriles is 1. The number of amides is 1. The number of alkyl carbamates (subject to hydrolysis) is 1. The number of ether oxygens (including phenoxy) is 2. The summed E-state index contributed by atoms with van der Waals surface area (Å²) in [6, 6.07) is 8.55. The van der Waals surface area contributed by atoms with Crippen LogP contribution in [0.5, 0.6) is 5.75 Å². The lowest BCUT2D eigenvalue weighted by atomic mass is 9.55. The summed E-state index contributed by atoms with van der Waals surface area (Å²) in [6.07, 6.45) is 4.36. The molecule has 186 valence electrons. The van der Waals surface area contributed by atoms with Crippen molar-refractivity contribution in [2.75, 3.05) is 18.9 Å². The number of fused-ring (bicyclic) bond motifs is 3. The van der Waals surface area contributed by atoms with E-state index in [9.17, 15) is 22.9 Å². The summed E-state index contributed by atoms with van der Waals surface area (Å²) in [5.74, 6) is 0.482. The van der Waals surface area contributed by atoms with Crippen LogP contribution >= 0.6 is 0 Å². The van der Waals surface area contributed by atoms with Gasteiger partial charge in [-0.3, -0.25) is 0 Å². The smallest absolute Gasteiger partial charge is 0.407 e. The fourth-order valence-electron chi connectivity index (χ4n) is 4.67. The second-order valence-electron chi connectivity index (χ2n) is 10.5. The first kappa shape index (κ1) is 26.0. The van der Waals surface area contributed by atoms with Crippen LogP contribution in [0.15, 0.2) is 41.1 Å². The Balaban J connectivity index is 1.53. The fourth-order valence-corrected chi connectivity index (χ4v) is 6.63. The average Bonchev–Trinajstić information content (AvgIpc) is 2.79. The van der Waals surface area contributed by atoms with Gasteiger partial charge in [-0.1, -0.05) is 0 Å². The summed E-state index contributed by atoms with van der Waals surface area (Å²) < 4.78 is 50.0. The van der Waals surface area contributed by atoms with Gasteiger partial charge in [0.25, 0.3) is 0 Å². The lowest BCUT2D eigenvalue weighted by Gasteiger charge is -2.50. The number of benzene rings is 1. The largest absolute Gasteiger partial charge is 0.489 e. The molecule has 2 bridgehead atoms. The van der Waals surface area contributed by atoms with E-state index >= 15 is 0 Å². The molecule has 0 aliphatic heterocycles. The van der Waals surface area contributed by atoms with E-state index in [0.717, 1.165) is 38.5 Å². The lowest BCUT2D eigenvalue weighted by Crippen LogP contribution is -2.44. The van der Waals surface area contributed by atoms with Gasteiger partial charge < -0.3 is 14.8 Å². The van der Waals surface area contributed by atoms with Crippen LogP contribution in [0.2, 0.25) is 0 Å². The molecular weight excluding hydrogens is 459 g/mol. The molecule has 9 heteroatoms. The van der Waals surface area contributed by atoms with Crippen molar-refractivity contribution in [2.45, 2.75) is 69.8 Å². The molecule has 34 heavy (non-hydrogen) atoms. The number of carbonyl (C=O) groups excluding carboxylic acids is 1. The molecule has 1 N–H and O–H groups in total. The first-order valence-electron chi connectivity index (χ1n) is 11.5. The van der Waals surface area contributed by atoms with Crippen LogP contribution in [0.3, 0.4) is 0 Å². The summed E-state index contributed by atoms with van der Waals surface area (Å²) in [4.78, 5) is 11.9. The molecule has 0 radical (unpaired) electrons. The Morgan fingerprint density at radius 2 is 1.74 bits per heavy atom. The van der Waals surface area contributed by atoms with E-state index in [4.69, 9.17) is 9.47 Å². The summed E-state index contributed by atoms with van der Waals surface area (Å²) in [5, 5.41) is 11.9. The monoisotopic (exact) mass is 492 g/mol. The average molecular weight is 493 g/mol. The van der Waals surface area contributed by atoms with Crippen molar-refractivity contribution in [3.05, 3.63) is 36.2 Å². The second kappa shape index (κ2) is 9.95. The van der Waals surface area contributed by atoms with Gasteiger partial charge in [0.05, 0.1) is 28.5 Å². The number of rotatable bonds is 8. The van der Waals surface area contributed by atoms with E-state index in [2.05, 4.69) is 11.4 Å². The maximum Gasteiger partial charge on any atom is 0.407 e. The van der Waals surface area contributed by atoms with Crippen molar-refractivity contribution in [2.24, 2.45) is 10.8 Å². The van der Waals surface area contributed by atoms with Crippen LogP contribution in [0.25, 0.3) is 0 Å². The van der Waals surface area contributed by atoms with E-state index < -0.39 is 21.5 Å². The minimum Gasteiger partial charge on any atom is -0.489 e. The minimum atomic E-state index is -3.49. The maximum absolute atomic E-state index is 13.2.